The lowest BCUT2D eigenvalue weighted by Gasteiger charge is -2.31. The largest absolute Gasteiger partial charge is 0.303 e. The minimum absolute atomic E-state index is 0.482. The first kappa shape index (κ1) is 14.2. The maximum Gasteiger partial charge on any atom is 0.0659 e. The molecule has 112 valence electrons. The van der Waals surface area contributed by atoms with E-state index in [0.717, 1.165) is 0 Å². The third kappa shape index (κ3) is 2.57. The summed E-state index contributed by atoms with van der Waals surface area (Å²) in [7, 11) is 2.07. The number of rotatable bonds is 2. The van der Waals surface area contributed by atoms with Gasteiger partial charge in [-0.25, -0.2) is 0 Å². The molecule has 2 aromatic heterocycles. The Morgan fingerprint density at radius 1 is 1.24 bits per heavy atom. The Hall–Kier alpha value is -0.400. The van der Waals surface area contributed by atoms with Crippen LogP contribution in [0.15, 0.2) is 12.3 Å². The van der Waals surface area contributed by atoms with Gasteiger partial charge >= 0.3 is 0 Å². The number of nitrogens with zero attached hydrogens (tertiary/aromatic N) is 2. The summed E-state index contributed by atoms with van der Waals surface area (Å²) in [6.45, 7) is 0. The number of hydrogen-bond donors (Lipinski definition) is 1. The molecule has 2 unspecified atom stereocenters. The first-order chi connectivity index (χ1) is 10.2. The van der Waals surface area contributed by atoms with Crippen molar-refractivity contribution in [3.8, 4) is 0 Å². The van der Waals surface area contributed by atoms with Crippen molar-refractivity contribution < 1.29 is 0 Å². The van der Waals surface area contributed by atoms with Gasteiger partial charge in [-0.05, 0) is 72.7 Å². The highest BCUT2D eigenvalue weighted by Gasteiger charge is 2.29. The van der Waals surface area contributed by atoms with Crippen molar-refractivity contribution in [2.75, 3.05) is 0 Å². The Morgan fingerprint density at radius 2 is 2.00 bits per heavy atom. The first-order valence-electron chi connectivity index (χ1n) is 7.77. The summed E-state index contributed by atoms with van der Waals surface area (Å²) < 4.78 is 3.49. The molecule has 0 radical (unpaired) electrons. The van der Waals surface area contributed by atoms with Crippen LogP contribution < -0.4 is 5.32 Å². The van der Waals surface area contributed by atoms with Gasteiger partial charge in [0.2, 0.25) is 0 Å². The van der Waals surface area contributed by atoms with Gasteiger partial charge in [0.1, 0.15) is 0 Å². The van der Waals surface area contributed by atoms with Crippen LogP contribution in [0.2, 0.25) is 0 Å². The van der Waals surface area contributed by atoms with Crippen molar-refractivity contribution in [1.29, 1.82) is 0 Å². The van der Waals surface area contributed by atoms with Gasteiger partial charge in [-0.15, -0.1) is 11.3 Å². The van der Waals surface area contributed by atoms with Gasteiger partial charge in [0, 0.05) is 35.3 Å². The van der Waals surface area contributed by atoms with Crippen LogP contribution in [0.25, 0.3) is 0 Å². The van der Waals surface area contributed by atoms with Gasteiger partial charge in [0.15, 0.2) is 0 Å². The zero-order valence-corrected chi connectivity index (χ0v) is 15.2. The van der Waals surface area contributed by atoms with E-state index in [2.05, 4.69) is 57.0 Å². The molecule has 0 aromatic carbocycles. The second-order valence-electron chi connectivity index (χ2n) is 6.16. The van der Waals surface area contributed by atoms with Gasteiger partial charge in [0.05, 0.1) is 9.08 Å². The minimum atomic E-state index is 0.482. The highest BCUT2D eigenvalue weighted by molar-refractivity contribution is 14.1. The average Bonchev–Trinajstić information content (AvgIpc) is 3.03. The molecular formula is C16H20IN3S. The standard InChI is InChI=1S/C16H20IN3S/c1-20-14-6-2-4-13(11(14)9-18-20)19-12-5-3-7-15-10(12)8-16(17)21-15/h8-9,12-13,19H,2-7H2,1H3. The summed E-state index contributed by atoms with van der Waals surface area (Å²) in [5, 5.41) is 8.41. The molecular weight excluding hydrogens is 393 g/mol. The molecule has 21 heavy (non-hydrogen) atoms. The van der Waals surface area contributed by atoms with Crippen LogP contribution in [0.1, 0.15) is 59.5 Å². The number of fused-ring (bicyclic) bond motifs is 2. The van der Waals surface area contributed by atoms with Crippen molar-refractivity contribution in [2.24, 2.45) is 7.05 Å². The van der Waals surface area contributed by atoms with Gasteiger partial charge in [-0.1, -0.05) is 0 Å². The van der Waals surface area contributed by atoms with Crippen molar-refractivity contribution in [3.05, 3.63) is 36.8 Å². The van der Waals surface area contributed by atoms with Crippen molar-refractivity contribution >= 4 is 33.9 Å². The van der Waals surface area contributed by atoms with E-state index in [9.17, 15) is 0 Å². The number of aromatic nitrogens is 2. The lowest BCUT2D eigenvalue weighted by molar-refractivity contribution is 0.368. The van der Waals surface area contributed by atoms with Gasteiger partial charge in [0.25, 0.3) is 0 Å². The topological polar surface area (TPSA) is 29.9 Å². The zero-order chi connectivity index (χ0) is 14.4. The fourth-order valence-corrected chi connectivity index (χ4v) is 5.94. The molecule has 2 atom stereocenters. The molecule has 5 heteroatoms. The second-order valence-corrected chi connectivity index (χ2v) is 9.19. The number of aryl methyl sites for hydroxylation is 2. The lowest BCUT2D eigenvalue weighted by atomic mass is 9.89. The van der Waals surface area contributed by atoms with Crippen LogP contribution in [-0.4, -0.2) is 9.78 Å². The average molecular weight is 413 g/mol. The number of nitrogens with one attached hydrogen (secondary N) is 1. The van der Waals surface area contributed by atoms with Gasteiger partial charge in [-0.3, -0.25) is 4.68 Å². The summed E-state index contributed by atoms with van der Waals surface area (Å²) in [6.07, 6.45) is 9.62. The van der Waals surface area contributed by atoms with Crippen molar-refractivity contribution in [3.63, 3.8) is 0 Å². The normalized spacial score (nSPS) is 24.7. The Morgan fingerprint density at radius 3 is 2.86 bits per heavy atom. The van der Waals surface area contributed by atoms with Gasteiger partial charge < -0.3 is 5.32 Å². The summed E-state index contributed by atoms with van der Waals surface area (Å²) in [5.41, 5.74) is 4.42. The Labute approximate surface area is 143 Å². The van der Waals surface area contributed by atoms with Crippen LogP contribution in [0.5, 0.6) is 0 Å². The maximum atomic E-state index is 4.47. The molecule has 2 heterocycles. The summed E-state index contributed by atoms with van der Waals surface area (Å²) >= 11 is 4.44. The van der Waals surface area contributed by atoms with Crippen LogP contribution >= 0.6 is 33.9 Å². The Kier molecular flexibility index (Phi) is 3.83. The van der Waals surface area contributed by atoms with E-state index in [0.29, 0.717) is 12.1 Å². The van der Waals surface area contributed by atoms with Crippen molar-refractivity contribution in [2.45, 2.75) is 50.6 Å². The van der Waals surface area contributed by atoms with Crippen LogP contribution in [0.3, 0.4) is 0 Å². The predicted octanol–water partition coefficient (Wildman–Crippen LogP) is 4.13. The third-order valence-electron chi connectivity index (χ3n) is 4.86. The summed E-state index contributed by atoms with van der Waals surface area (Å²) in [6, 6.07) is 3.41. The summed E-state index contributed by atoms with van der Waals surface area (Å²) in [5.74, 6) is 0. The van der Waals surface area contributed by atoms with E-state index < -0.39 is 0 Å². The molecule has 0 bridgehead atoms. The molecule has 2 aliphatic rings. The quantitative estimate of drug-likeness (QED) is 0.751. The lowest BCUT2D eigenvalue weighted by Crippen LogP contribution is -2.30. The highest BCUT2D eigenvalue weighted by Crippen LogP contribution is 2.39. The van der Waals surface area contributed by atoms with Crippen molar-refractivity contribution in [1.82, 2.24) is 15.1 Å². The molecule has 2 aliphatic carbocycles. The maximum absolute atomic E-state index is 4.47. The number of hydrogen-bond acceptors (Lipinski definition) is 3. The Balaban J connectivity index is 1.60. The van der Waals surface area contributed by atoms with E-state index >= 15 is 0 Å². The predicted molar refractivity (Wildman–Crippen MR) is 94.7 cm³/mol. The van der Waals surface area contributed by atoms with Crippen LogP contribution in [0.4, 0.5) is 0 Å². The Bertz CT molecular complexity index is 655. The monoisotopic (exact) mass is 413 g/mol. The molecule has 0 fully saturated rings. The first-order valence-corrected chi connectivity index (χ1v) is 9.67. The molecule has 0 aliphatic heterocycles. The number of halogens is 1. The van der Waals surface area contributed by atoms with Gasteiger partial charge in [-0.2, -0.15) is 5.10 Å². The van der Waals surface area contributed by atoms with E-state index in [-0.39, 0.29) is 0 Å². The fraction of sp³-hybridized carbons (Fsp3) is 0.562. The molecule has 2 aromatic rings. The third-order valence-corrected chi connectivity index (χ3v) is 6.83. The fourth-order valence-electron chi connectivity index (χ4n) is 3.82. The summed E-state index contributed by atoms with van der Waals surface area (Å²) in [4.78, 5) is 1.60. The SMILES string of the molecule is Cn1ncc2c1CCCC2NC1CCCc2sc(I)cc21. The molecule has 4 rings (SSSR count). The van der Waals surface area contributed by atoms with E-state index in [1.807, 2.05) is 11.3 Å². The van der Waals surface area contributed by atoms with Crippen LogP contribution in [-0.2, 0) is 19.9 Å². The molecule has 3 nitrogen and oxygen atoms in total. The highest BCUT2D eigenvalue weighted by atomic mass is 127. The van der Waals surface area contributed by atoms with E-state index in [1.165, 1.54) is 52.7 Å². The van der Waals surface area contributed by atoms with Crippen LogP contribution in [0, 0.1) is 2.88 Å². The van der Waals surface area contributed by atoms with E-state index in [4.69, 9.17) is 0 Å². The minimum Gasteiger partial charge on any atom is -0.303 e. The zero-order valence-electron chi connectivity index (χ0n) is 12.2. The molecule has 0 spiro atoms. The molecule has 1 N–H and O–H groups in total. The van der Waals surface area contributed by atoms with E-state index in [1.54, 1.807) is 10.4 Å². The molecule has 0 saturated heterocycles. The molecule has 0 amide bonds. The smallest absolute Gasteiger partial charge is 0.0659 e. The second kappa shape index (κ2) is 5.66. The molecule has 0 saturated carbocycles. The number of thiophene rings is 1.